The highest BCUT2D eigenvalue weighted by Gasteiger charge is 1.89. The lowest BCUT2D eigenvalue weighted by Crippen LogP contribution is -1.91. The van der Waals surface area contributed by atoms with Crippen LogP contribution in [0.4, 0.5) is 0 Å². The van der Waals surface area contributed by atoms with Crippen molar-refractivity contribution in [3.8, 4) is 0 Å². The number of hydrogen-bond donors (Lipinski definition) is 2. The Bertz CT molecular complexity index is 239. The highest BCUT2D eigenvalue weighted by Crippen LogP contribution is 1.98. The van der Waals surface area contributed by atoms with Crippen LogP contribution in [0.15, 0.2) is 12.2 Å². The highest BCUT2D eigenvalue weighted by molar-refractivity contribution is 5.89. The largest absolute Gasteiger partial charge is 0.478 e. The molecule has 0 saturated carbocycles. The standard InChI is InChI=1S/C7H14O.C4H4O4/c1-3-4-5-6-7(2)8;5-3(6)1-2-4(7)8/h3-6H2,1-2H3;1-2H,(H,5,6)(H,7,8)/b;2-1+. The van der Waals surface area contributed by atoms with Crippen molar-refractivity contribution in [3.05, 3.63) is 12.2 Å². The fraction of sp³-hybridized carbons (Fsp3) is 0.545. The van der Waals surface area contributed by atoms with Gasteiger partial charge in [-0.3, -0.25) is 0 Å². The molecule has 0 aliphatic heterocycles. The summed E-state index contributed by atoms with van der Waals surface area (Å²) in [6.45, 7) is 3.79. The first-order valence-electron chi connectivity index (χ1n) is 5.03. The maximum absolute atomic E-state index is 10.3. The minimum absolute atomic E-state index is 0.318. The van der Waals surface area contributed by atoms with Gasteiger partial charge in [0.2, 0.25) is 0 Å². The number of Topliss-reactive ketones (excluding diaryl/α,β-unsaturated/α-hetero) is 1. The molecule has 5 heteroatoms. The minimum atomic E-state index is -1.26. The van der Waals surface area contributed by atoms with Gasteiger partial charge in [0.25, 0.3) is 0 Å². The number of rotatable bonds is 6. The first-order chi connectivity index (χ1) is 7.40. The van der Waals surface area contributed by atoms with Crippen LogP contribution in [0, 0.1) is 0 Å². The Kier molecular flexibility index (Phi) is 12.0. The molecule has 0 spiro atoms. The lowest BCUT2D eigenvalue weighted by molar-refractivity contribution is -0.134. The molecule has 0 atom stereocenters. The van der Waals surface area contributed by atoms with E-state index in [0.29, 0.717) is 17.9 Å². The van der Waals surface area contributed by atoms with Crippen molar-refractivity contribution in [2.24, 2.45) is 0 Å². The van der Waals surface area contributed by atoms with Gasteiger partial charge in [0.05, 0.1) is 0 Å². The Hall–Kier alpha value is -1.65. The molecule has 0 heterocycles. The molecule has 0 saturated heterocycles. The van der Waals surface area contributed by atoms with E-state index in [-0.39, 0.29) is 0 Å². The van der Waals surface area contributed by atoms with Gasteiger partial charge in [0.15, 0.2) is 0 Å². The molecular formula is C11H18O5. The van der Waals surface area contributed by atoms with Crippen LogP contribution in [0.1, 0.15) is 39.5 Å². The molecule has 0 amide bonds. The SMILES string of the molecule is CCCCCC(C)=O.O=C(O)/C=C/C(=O)O. The monoisotopic (exact) mass is 230 g/mol. The molecule has 0 rings (SSSR count). The number of carbonyl (C=O) groups excluding carboxylic acids is 1. The average molecular weight is 230 g/mol. The predicted molar refractivity (Wildman–Crippen MR) is 59.2 cm³/mol. The molecule has 0 aromatic carbocycles. The van der Waals surface area contributed by atoms with Crippen molar-refractivity contribution < 1.29 is 24.6 Å². The first-order valence-corrected chi connectivity index (χ1v) is 5.03. The molecule has 0 radical (unpaired) electrons. The zero-order valence-corrected chi connectivity index (χ0v) is 9.60. The molecular weight excluding hydrogens is 212 g/mol. The van der Waals surface area contributed by atoms with Crippen molar-refractivity contribution >= 4 is 17.7 Å². The summed E-state index contributed by atoms with van der Waals surface area (Å²) in [5, 5.41) is 15.6. The quantitative estimate of drug-likeness (QED) is 0.536. The molecule has 0 bridgehead atoms. The van der Waals surface area contributed by atoms with Crippen LogP contribution in [0.2, 0.25) is 0 Å². The van der Waals surface area contributed by atoms with Crippen molar-refractivity contribution in [1.29, 1.82) is 0 Å². The van der Waals surface area contributed by atoms with Gasteiger partial charge in [0.1, 0.15) is 5.78 Å². The molecule has 0 aliphatic rings. The maximum atomic E-state index is 10.3. The number of carboxylic acids is 2. The lowest BCUT2D eigenvalue weighted by Gasteiger charge is -1.90. The number of carboxylic acid groups (broad SMARTS) is 2. The summed E-state index contributed by atoms with van der Waals surface area (Å²) in [7, 11) is 0. The number of carbonyl (C=O) groups is 3. The fourth-order valence-electron chi connectivity index (χ4n) is 0.767. The summed E-state index contributed by atoms with van der Waals surface area (Å²) in [4.78, 5) is 29.4. The molecule has 0 aromatic rings. The Labute approximate surface area is 94.8 Å². The third-order valence-corrected chi connectivity index (χ3v) is 1.50. The Morgan fingerprint density at radius 1 is 1.00 bits per heavy atom. The van der Waals surface area contributed by atoms with Crippen LogP contribution in [0.25, 0.3) is 0 Å². The summed E-state index contributed by atoms with van der Waals surface area (Å²) >= 11 is 0. The average Bonchev–Trinajstić information content (AvgIpc) is 2.16. The van der Waals surface area contributed by atoms with E-state index < -0.39 is 11.9 Å². The van der Waals surface area contributed by atoms with Crippen molar-refractivity contribution in [1.82, 2.24) is 0 Å². The van der Waals surface area contributed by atoms with E-state index in [2.05, 4.69) is 6.92 Å². The molecule has 5 nitrogen and oxygen atoms in total. The predicted octanol–water partition coefficient (Wildman–Crippen LogP) is 1.87. The van der Waals surface area contributed by atoms with E-state index >= 15 is 0 Å². The van der Waals surface area contributed by atoms with E-state index in [0.717, 1.165) is 12.8 Å². The second kappa shape index (κ2) is 11.4. The van der Waals surface area contributed by atoms with Crippen molar-refractivity contribution in [2.75, 3.05) is 0 Å². The summed E-state index contributed by atoms with van der Waals surface area (Å²) in [5.41, 5.74) is 0. The van der Waals surface area contributed by atoms with Gasteiger partial charge < -0.3 is 15.0 Å². The summed E-state index contributed by atoms with van der Waals surface area (Å²) in [6.07, 6.45) is 5.36. The van der Waals surface area contributed by atoms with Gasteiger partial charge in [-0.1, -0.05) is 19.8 Å². The second-order valence-electron chi connectivity index (χ2n) is 3.17. The maximum Gasteiger partial charge on any atom is 0.328 e. The Balaban J connectivity index is 0. The van der Waals surface area contributed by atoms with Gasteiger partial charge in [-0.15, -0.1) is 0 Å². The Morgan fingerprint density at radius 3 is 1.69 bits per heavy atom. The molecule has 0 aliphatic carbocycles. The fourth-order valence-corrected chi connectivity index (χ4v) is 0.767. The van der Waals surface area contributed by atoms with E-state index in [1.54, 1.807) is 6.92 Å². The van der Waals surface area contributed by atoms with Crippen LogP contribution >= 0.6 is 0 Å². The first kappa shape index (κ1) is 16.8. The normalized spacial score (nSPS) is 9.38. The van der Waals surface area contributed by atoms with Crippen LogP contribution in [-0.4, -0.2) is 27.9 Å². The summed E-state index contributed by atoms with van der Waals surface area (Å²) in [6, 6.07) is 0. The van der Waals surface area contributed by atoms with Crippen LogP contribution in [0.3, 0.4) is 0 Å². The lowest BCUT2D eigenvalue weighted by atomic mass is 10.2. The minimum Gasteiger partial charge on any atom is -0.478 e. The van der Waals surface area contributed by atoms with Gasteiger partial charge >= 0.3 is 11.9 Å². The second-order valence-corrected chi connectivity index (χ2v) is 3.17. The third-order valence-electron chi connectivity index (χ3n) is 1.50. The highest BCUT2D eigenvalue weighted by atomic mass is 16.4. The molecule has 0 aromatic heterocycles. The molecule has 2 N–H and O–H groups in total. The van der Waals surface area contributed by atoms with Gasteiger partial charge in [0, 0.05) is 18.6 Å². The van der Waals surface area contributed by atoms with Crippen LogP contribution < -0.4 is 0 Å². The van der Waals surface area contributed by atoms with Crippen LogP contribution in [0.5, 0.6) is 0 Å². The van der Waals surface area contributed by atoms with E-state index in [9.17, 15) is 14.4 Å². The Morgan fingerprint density at radius 2 is 1.44 bits per heavy atom. The zero-order valence-electron chi connectivity index (χ0n) is 9.60. The smallest absolute Gasteiger partial charge is 0.328 e. The number of ketones is 1. The van der Waals surface area contributed by atoms with Crippen molar-refractivity contribution in [3.63, 3.8) is 0 Å². The van der Waals surface area contributed by atoms with Gasteiger partial charge in [-0.25, -0.2) is 9.59 Å². The molecule has 0 fully saturated rings. The molecule has 16 heavy (non-hydrogen) atoms. The summed E-state index contributed by atoms with van der Waals surface area (Å²) in [5.74, 6) is -2.20. The van der Waals surface area contributed by atoms with E-state index in [1.165, 1.54) is 12.8 Å². The van der Waals surface area contributed by atoms with Crippen molar-refractivity contribution in [2.45, 2.75) is 39.5 Å². The van der Waals surface area contributed by atoms with Gasteiger partial charge in [-0.05, 0) is 13.3 Å². The van der Waals surface area contributed by atoms with Crippen LogP contribution in [-0.2, 0) is 14.4 Å². The van der Waals surface area contributed by atoms with Gasteiger partial charge in [-0.2, -0.15) is 0 Å². The van der Waals surface area contributed by atoms with E-state index in [4.69, 9.17) is 10.2 Å². The third kappa shape index (κ3) is 22.8. The van der Waals surface area contributed by atoms with E-state index in [1.807, 2.05) is 0 Å². The molecule has 0 unspecified atom stereocenters. The molecule has 92 valence electrons. The topological polar surface area (TPSA) is 91.7 Å². The zero-order chi connectivity index (χ0) is 13.0. The summed E-state index contributed by atoms with van der Waals surface area (Å²) < 4.78 is 0. The number of unbranched alkanes of at least 4 members (excludes halogenated alkanes) is 2. The number of aliphatic carboxylic acids is 2. The number of hydrogen-bond acceptors (Lipinski definition) is 3.